The third kappa shape index (κ3) is 2.03. The van der Waals surface area contributed by atoms with Gasteiger partial charge in [0.1, 0.15) is 0 Å². The molecule has 3 N–H and O–H groups in total. The molecule has 0 aromatic carbocycles. The molecule has 2 nitrogen and oxygen atoms in total. The maximum absolute atomic E-state index is 10.2. The van der Waals surface area contributed by atoms with Gasteiger partial charge in [0, 0.05) is 4.75 Å². The number of hydrogen-bond acceptors (Lipinski definition) is 3. The lowest BCUT2D eigenvalue weighted by Crippen LogP contribution is -2.50. The Labute approximate surface area is 85.3 Å². The van der Waals surface area contributed by atoms with Gasteiger partial charge in [-0.15, -0.1) is 0 Å². The van der Waals surface area contributed by atoms with E-state index < -0.39 is 0 Å². The Bertz CT molecular complexity index is 149. The molecule has 3 heteroatoms. The van der Waals surface area contributed by atoms with E-state index in [4.69, 9.17) is 5.73 Å². The lowest BCUT2D eigenvalue weighted by molar-refractivity contribution is 0.0380. The molecule has 2 unspecified atom stereocenters. The van der Waals surface area contributed by atoms with Crippen LogP contribution in [0, 0.1) is 5.92 Å². The van der Waals surface area contributed by atoms with Crippen molar-refractivity contribution in [1.82, 2.24) is 0 Å². The fourth-order valence-corrected chi connectivity index (χ4v) is 3.23. The van der Waals surface area contributed by atoms with E-state index in [0.29, 0.717) is 6.54 Å². The van der Waals surface area contributed by atoms with Gasteiger partial charge in [-0.1, -0.05) is 13.3 Å². The predicted octanol–water partition coefficient (Wildman–Crippen LogP) is 1.62. The Hall–Kier alpha value is 0.270. The summed E-state index contributed by atoms with van der Waals surface area (Å²) in [4.78, 5) is 0. The van der Waals surface area contributed by atoms with Crippen LogP contribution in [0.5, 0.6) is 0 Å². The Morgan fingerprint density at radius 1 is 1.54 bits per heavy atom. The summed E-state index contributed by atoms with van der Waals surface area (Å²) in [6.45, 7) is 2.72. The number of hydrogen-bond donors (Lipinski definition) is 2. The average Bonchev–Trinajstić information content (AvgIpc) is 2.05. The molecule has 0 aromatic rings. The zero-order valence-corrected chi connectivity index (χ0v) is 9.44. The van der Waals surface area contributed by atoms with Crippen LogP contribution in [0.15, 0.2) is 0 Å². The summed E-state index contributed by atoms with van der Waals surface area (Å²) in [6, 6.07) is 0. The molecule has 0 heterocycles. The molecule has 0 radical (unpaired) electrons. The van der Waals surface area contributed by atoms with Crippen LogP contribution in [0.25, 0.3) is 0 Å². The topological polar surface area (TPSA) is 46.2 Å². The zero-order valence-electron chi connectivity index (χ0n) is 8.62. The minimum Gasteiger partial charge on any atom is -0.391 e. The summed E-state index contributed by atoms with van der Waals surface area (Å²) in [6.07, 6.45) is 6.47. The molecule has 1 aliphatic rings. The average molecular weight is 203 g/mol. The normalized spacial score (nSPS) is 24.9. The van der Waals surface area contributed by atoms with Gasteiger partial charge < -0.3 is 10.8 Å². The summed E-state index contributed by atoms with van der Waals surface area (Å²) >= 11 is 1.82. The van der Waals surface area contributed by atoms with Gasteiger partial charge in [-0.3, -0.25) is 0 Å². The molecule has 0 aliphatic heterocycles. The first-order valence-electron chi connectivity index (χ1n) is 5.13. The van der Waals surface area contributed by atoms with Crippen LogP contribution < -0.4 is 5.73 Å². The van der Waals surface area contributed by atoms with E-state index >= 15 is 0 Å². The summed E-state index contributed by atoms with van der Waals surface area (Å²) in [5.74, 6) is 0.285. The summed E-state index contributed by atoms with van der Waals surface area (Å²) in [5.41, 5.74) is 5.65. The summed E-state index contributed by atoms with van der Waals surface area (Å²) < 4.78 is 0.139. The standard InChI is InChI=1S/C10H21NOS/c1-3-8(7-11)9(12)10(13-2)5-4-6-10/h8-9,12H,3-7,11H2,1-2H3. The van der Waals surface area contributed by atoms with Crippen molar-refractivity contribution in [3.05, 3.63) is 0 Å². The highest BCUT2D eigenvalue weighted by molar-refractivity contribution is 8.00. The van der Waals surface area contributed by atoms with E-state index in [1.165, 1.54) is 6.42 Å². The maximum atomic E-state index is 10.2. The van der Waals surface area contributed by atoms with Crippen LogP contribution in [0.4, 0.5) is 0 Å². The predicted molar refractivity (Wildman–Crippen MR) is 58.9 cm³/mol. The lowest BCUT2D eigenvalue weighted by atomic mass is 9.75. The van der Waals surface area contributed by atoms with E-state index in [1.54, 1.807) is 0 Å². The number of aliphatic hydroxyl groups is 1. The van der Waals surface area contributed by atoms with Crippen molar-refractivity contribution in [2.24, 2.45) is 11.7 Å². The monoisotopic (exact) mass is 203 g/mol. The largest absolute Gasteiger partial charge is 0.391 e. The molecule has 1 fully saturated rings. The van der Waals surface area contributed by atoms with E-state index in [1.807, 2.05) is 11.8 Å². The number of nitrogens with two attached hydrogens (primary N) is 1. The Morgan fingerprint density at radius 2 is 2.15 bits per heavy atom. The zero-order chi connectivity index (χ0) is 9.90. The summed E-state index contributed by atoms with van der Waals surface area (Å²) in [5, 5.41) is 10.2. The van der Waals surface area contributed by atoms with Gasteiger partial charge in [0.15, 0.2) is 0 Å². The third-order valence-electron chi connectivity index (χ3n) is 3.42. The fraction of sp³-hybridized carbons (Fsp3) is 1.00. The van der Waals surface area contributed by atoms with Crippen LogP contribution in [0.1, 0.15) is 32.6 Å². The Morgan fingerprint density at radius 3 is 2.38 bits per heavy atom. The van der Waals surface area contributed by atoms with Crippen LogP contribution in [0.3, 0.4) is 0 Å². The van der Waals surface area contributed by atoms with Gasteiger partial charge in [0.25, 0.3) is 0 Å². The van der Waals surface area contributed by atoms with Gasteiger partial charge >= 0.3 is 0 Å². The molecule has 0 bridgehead atoms. The number of rotatable bonds is 5. The van der Waals surface area contributed by atoms with Crippen molar-refractivity contribution in [2.45, 2.75) is 43.5 Å². The molecule has 13 heavy (non-hydrogen) atoms. The van der Waals surface area contributed by atoms with Crippen molar-refractivity contribution >= 4 is 11.8 Å². The first-order chi connectivity index (χ1) is 6.20. The Balaban J connectivity index is 2.57. The van der Waals surface area contributed by atoms with Crippen molar-refractivity contribution < 1.29 is 5.11 Å². The quantitative estimate of drug-likeness (QED) is 0.714. The lowest BCUT2D eigenvalue weighted by Gasteiger charge is -2.46. The van der Waals surface area contributed by atoms with Crippen LogP contribution in [-0.2, 0) is 0 Å². The number of aliphatic hydroxyl groups excluding tert-OH is 1. The molecule has 0 spiro atoms. The highest BCUT2D eigenvalue weighted by Crippen LogP contribution is 2.47. The van der Waals surface area contributed by atoms with Crippen LogP contribution in [0.2, 0.25) is 0 Å². The number of thioether (sulfide) groups is 1. The minimum absolute atomic E-state index is 0.139. The molecule has 1 saturated carbocycles. The molecule has 0 amide bonds. The van der Waals surface area contributed by atoms with Gasteiger partial charge in [-0.25, -0.2) is 0 Å². The first kappa shape index (κ1) is 11.3. The van der Waals surface area contributed by atoms with Gasteiger partial charge in [-0.2, -0.15) is 11.8 Å². The Kier molecular flexibility index (Phi) is 4.07. The van der Waals surface area contributed by atoms with Crippen molar-refractivity contribution in [1.29, 1.82) is 0 Å². The molecule has 2 atom stereocenters. The minimum atomic E-state index is -0.203. The van der Waals surface area contributed by atoms with Crippen molar-refractivity contribution in [2.75, 3.05) is 12.8 Å². The van der Waals surface area contributed by atoms with Crippen LogP contribution in [-0.4, -0.2) is 28.8 Å². The third-order valence-corrected chi connectivity index (χ3v) is 4.88. The smallest absolute Gasteiger partial charge is 0.0726 e. The van der Waals surface area contributed by atoms with E-state index in [0.717, 1.165) is 19.3 Å². The maximum Gasteiger partial charge on any atom is 0.0726 e. The van der Waals surface area contributed by atoms with Gasteiger partial charge in [0.2, 0.25) is 0 Å². The molecular weight excluding hydrogens is 182 g/mol. The SMILES string of the molecule is CCC(CN)C(O)C1(SC)CCC1. The van der Waals surface area contributed by atoms with E-state index in [9.17, 15) is 5.11 Å². The van der Waals surface area contributed by atoms with Crippen molar-refractivity contribution in [3.8, 4) is 0 Å². The molecule has 1 aliphatic carbocycles. The second kappa shape index (κ2) is 4.67. The highest BCUT2D eigenvalue weighted by Gasteiger charge is 2.45. The van der Waals surface area contributed by atoms with Crippen molar-refractivity contribution in [3.63, 3.8) is 0 Å². The molecule has 0 aromatic heterocycles. The molecular formula is C10H21NOS. The van der Waals surface area contributed by atoms with Crippen LogP contribution >= 0.6 is 11.8 Å². The van der Waals surface area contributed by atoms with E-state index in [2.05, 4.69) is 13.2 Å². The second-order valence-corrected chi connectivity index (χ2v) is 5.19. The van der Waals surface area contributed by atoms with E-state index in [-0.39, 0.29) is 16.8 Å². The second-order valence-electron chi connectivity index (χ2n) is 3.97. The highest BCUT2D eigenvalue weighted by atomic mass is 32.2. The molecule has 0 saturated heterocycles. The molecule has 1 rings (SSSR count). The summed E-state index contributed by atoms with van der Waals surface area (Å²) in [7, 11) is 0. The first-order valence-corrected chi connectivity index (χ1v) is 6.36. The molecule has 78 valence electrons. The van der Waals surface area contributed by atoms with Gasteiger partial charge in [0.05, 0.1) is 6.10 Å². The fourth-order valence-electron chi connectivity index (χ4n) is 2.09. The van der Waals surface area contributed by atoms with Gasteiger partial charge in [-0.05, 0) is 38.0 Å².